The van der Waals surface area contributed by atoms with Gasteiger partial charge in [0.1, 0.15) is 5.82 Å². The van der Waals surface area contributed by atoms with Crippen molar-refractivity contribution < 1.29 is 0 Å². The SMILES string of the molecule is Cn1ccnc1C(N)c1ccc(I)c(Cl)c1. The van der Waals surface area contributed by atoms with Crippen LogP contribution in [-0.2, 0) is 7.05 Å². The Labute approximate surface area is 113 Å². The highest BCUT2D eigenvalue weighted by atomic mass is 127. The Bertz CT molecular complexity index is 510. The first-order valence-corrected chi connectivity index (χ1v) is 6.23. The van der Waals surface area contributed by atoms with Crippen LogP contribution in [0.15, 0.2) is 30.6 Å². The van der Waals surface area contributed by atoms with Crippen LogP contribution in [0.2, 0.25) is 5.02 Å². The van der Waals surface area contributed by atoms with Gasteiger partial charge in [0, 0.05) is 23.0 Å². The minimum atomic E-state index is -0.241. The molecule has 1 heterocycles. The van der Waals surface area contributed by atoms with Gasteiger partial charge in [-0.15, -0.1) is 0 Å². The maximum atomic E-state index is 6.14. The highest BCUT2D eigenvalue weighted by molar-refractivity contribution is 14.1. The quantitative estimate of drug-likeness (QED) is 0.849. The molecule has 1 aromatic carbocycles. The third-order valence-electron chi connectivity index (χ3n) is 2.44. The Kier molecular flexibility index (Phi) is 3.51. The van der Waals surface area contributed by atoms with E-state index in [1.54, 1.807) is 6.20 Å². The Balaban J connectivity index is 2.38. The zero-order valence-electron chi connectivity index (χ0n) is 8.69. The molecule has 0 aliphatic heterocycles. The number of imidazole rings is 1. The molecule has 2 rings (SSSR count). The summed E-state index contributed by atoms with van der Waals surface area (Å²) in [6.07, 6.45) is 3.62. The number of aromatic nitrogens is 2. The second kappa shape index (κ2) is 4.73. The number of hydrogen-bond donors (Lipinski definition) is 1. The first-order chi connectivity index (χ1) is 7.59. The van der Waals surface area contributed by atoms with E-state index in [0.29, 0.717) is 0 Å². The molecule has 0 saturated carbocycles. The molecule has 0 fully saturated rings. The normalized spacial score (nSPS) is 12.8. The van der Waals surface area contributed by atoms with Gasteiger partial charge in [0.15, 0.2) is 0 Å². The van der Waals surface area contributed by atoms with Crippen molar-refractivity contribution in [2.45, 2.75) is 6.04 Å². The molecule has 1 unspecified atom stereocenters. The average Bonchev–Trinajstić information content (AvgIpc) is 2.67. The fourth-order valence-electron chi connectivity index (χ4n) is 1.53. The Morgan fingerprint density at radius 1 is 1.50 bits per heavy atom. The van der Waals surface area contributed by atoms with E-state index in [4.69, 9.17) is 17.3 Å². The van der Waals surface area contributed by atoms with Gasteiger partial charge in [0.25, 0.3) is 0 Å². The van der Waals surface area contributed by atoms with Crippen LogP contribution in [0.25, 0.3) is 0 Å². The molecule has 0 bridgehead atoms. The molecule has 5 heteroatoms. The molecule has 2 aromatic rings. The standard InChI is InChI=1S/C11H11ClIN3/c1-16-5-4-15-11(16)10(14)7-2-3-9(13)8(12)6-7/h2-6,10H,14H2,1H3. The summed E-state index contributed by atoms with van der Waals surface area (Å²) in [5.41, 5.74) is 7.11. The maximum absolute atomic E-state index is 6.14. The number of nitrogens with two attached hydrogens (primary N) is 1. The van der Waals surface area contributed by atoms with E-state index in [-0.39, 0.29) is 6.04 Å². The summed E-state index contributed by atoms with van der Waals surface area (Å²) in [6, 6.07) is 5.59. The van der Waals surface area contributed by atoms with Crippen LogP contribution >= 0.6 is 34.2 Å². The van der Waals surface area contributed by atoms with Crippen molar-refractivity contribution in [3.05, 3.63) is 50.6 Å². The lowest BCUT2D eigenvalue weighted by Crippen LogP contribution is -2.16. The maximum Gasteiger partial charge on any atom is 0.129 e. The summed E-state index contributed by atoms with van der Waals surface area (Å²) in [5, 5.41) is 0.725. The molecule has 0 radical (unpaired) electrons. The van der Waals surface area contributed by atoms with E-state index in [9.17, 15) is 0 Å². The lowest BCUT2D eigenvalue weighted by atomic mass is 10.1. The zero-order valence-corrected chi connectivity index (χ0v) is 11.6. The monoisotopic (exact) mass is 347 g/mol. The molecule has 2 N–H and O–H groups in total. The topological polar surface area (TPSA) is 43.8 Å². The van der Waals surface area contributed by atoms with Gasteiger partial charge in [0.05, 0.1) is 11.1 Å². The number of nitrogens with zero attached hydrogens (tertiary/aromatic N) is 2. The Hall–Kier alpha value is -0.590. The van der Waals surface area contributed by atoms with E-state index in [1.165, 1.54) is 0 Å². The van der Waals surface area contributed by atoms with Crippen LogP contribution in [-0.4, -0.2) is 9.55 Å². The molecule has 0 amide bonds. The van der Waals surface area contributed by atoms with E-state index < -0.39 is 0 Å². The molecule has 0 spiro atoms. The van der Waals surface area contributed by atoms with E-state index in [0.717, 1.165) is 20.0 Å². The number of hydrogen-bond acceptors (Lipinski definition) is 2. The first-order valence-electron chi connectivity index (χ1n) is 4.77. The van der Waals surface area contributed by atoms with Gasteiger partial charge in [-0.1, -0.05) is 17.7 Å². The van der Waals surface area contributed by atoms with Gasteiger partial charge in [-0.25, -0.2) is 4.98 Å². The fourth-order valence-corrected chi connectivity index (χ4v) is 2.06. The van der Waals surface area contributed by atoms with Crippen LogP contribution in [0.5, 0.6) is 0 Å². The van der Waals surface area contributed by atoms with Crippen LogP contribution in [0.3, 0.4) is 0 Å². The summed E-state index contributed by atoms with van der Waals surface area (Å²) in [7, 11) is 1.93. The van der Waals surface area contributed by atoms with Crippen LogP contribution in [0.4, 0.5) is 0 Å². The summed E-state index contributed by atoms with van der Waals surface area (Å²) in [4.78, 5) is 4.24. The molecule has 16 heavy (non-hydrogen) atoms. The van der Waals surface area contributed by atoms with Gasteiger partial charge in [-0.2, -0.15) is 0 Å². The van der Waals surface area contributed by atoms with Crippen molar-refractivity contribution in [3.8, 4) is 0 Å². The number of aryl methyl sites for hydroxylation is 1. The second-order valence-electron chi connectivity index (χ2n) is 3.55. The summed E-state index contributed by atoms with van der Waals surface area (Å²) in [6.45, 7) is 0. The van der Waals surface area contributed by atoms with Crippen molar-refractivity contribution in [2.75, 3.05) is 0 Å². The lowest BCUT2D eigenvalue weighted by molar-refractivity contribution is 0.717. The van der Waals surface area contributed by atoms with E-state index in [2.05, 4.69) is 27.6 Å². The molecule has 0 saturated heterocycles. The minimum absolute atomic E-state index is 0.241. The third kappa shape index (κ3) is 2.23. The van der Waals surface area contributed by atoms with E-state index >= 15 is 0 Å². The van der Waals surface area contributed by atoms with Crippen molar-refractivity contribution in [2.24, 2.45) is 12.8 Å². The molecule has 84 valence electrons. The highest BCUT2D eigenvalue weighted by Gasteiger charge is 2.14. The largest absolute Gasteiger partial charge is 0.336 e. The zero-order chi connectivity index (χ0) is 11.7. The molecule has 0 aliphatic rings. The molecule has 3 nitrogen and oxygen atoms in total. The Morgan fingerprint density at radius 3 is 2.81 bits per heavy atom. The second-order valence-corrected chi connectivity index (χ2v) is 5.12. The number of halogens is 2. The van der Waals surface area contributed by atoms with Crippen LogP contribution < -0.4 is 5.73 Å². The van der Waals surface area contributed by atoms with Crippen LogP contribution in [0.1, 0.15) is 17.4 Å². The first kappa shape index (κ1) is 11.9. The molecule has 0 aliphatic carbocycles. The fraction of sp³-hybridized carbons (Fsp3) is 0.182. The minimum Gasteiger partial charge on any atom is -0.336 e. The van der Waals surface area contributed by atoms with Crippen LogP contribution in [0, 0.1) is 3.57 Å². The number of benzene rings is 1. The molecular formula is C11H11ClIN3. The summed E-state index contributed by atoms with van der Waals surface area (Å²) in [5.74, 6) is 0.831. The van der Waals surface area contributed by atoms with Crippen molar-refractivity contribution >= 4 is 34.2 Å². The van der Waals surface area contributed by atoms with Gasteiger partial charge in [0.2, 0.25) is 0 Å². The third-order valence-corrected chi connectivity index (χ3v) is 4.01. The summed E-state index contributed by atoms with van der Waals surface area (Å²) >= 11 is 8.26. The molecular weight excluding hydrogens is 336 g/mol. The smallest absolute Gasteiger partial charge is 0.129 e. The van der Waals surface area contributed by atoms with Gasteiger partial charge < -0.3 is 10.3 Å². The molecule has 1 atom stereocenters. The predicted molar refractivity (Wildman–Crippen MR) is 73.4 cm³/mol. The van der Waals surface area contributed by atoms with Crippen molar-refractivity contribution in [1.82, 2.24) is 9.55 Å². The summed E-state index contributed by atoms with van der Waals surface area (Å²) < 4.78 is 2.94. The lowest BCUT2D eigenvalue weighted by Gasteiger charge is -2.12. The predicted octanol–water partition coefficient (Wildman–Crippen LogP) is 2.73. The van der Waals surface area contributed by atoms with Crippen molar-refractivity contribution in [3.63, 3.8) is 0 Å². The highest BCUT2D eigenvalue weighted by Crippen LogP contribution is 2.24. The van der Waals surface area contributed by atoms with Gasteiger partial charge >= 0.3 is 0 Å². The van der Waals surface area contributed by atoms with E-state index in [1.807, 2.05) is 36.0 Å². The van der Waals surface area contributed by atoms with Gasteiger partial charge in [-0.05, 0) is 40.3 Å². The Morgan fingerprint density at radius 2 is 2.25 bits per heavy atom. The van der Waals surface area contributed by atoms with Crippen molar-refractivity contribution in [1.29, 1.82) is 0 Å². The van der Waals surface area contributed by atoms with Gasteiger partial charge in [-0.3, -0.25) is 0 Å². The number of rotatable bonds is 2. The molecule has 1 aromatic heterocycles. The average molecular weight is 348 g/mol.